The number of hydrogen-bond acceptors (Lipinski definition) is 3. The van der Waals surface area contributed by atoms with Crippen molar-refractivity contribution < 1.29 is 9.18 Å². The minimum Gasteiger partial charge on any atom is -0.358 e. The second kappa shape index (κ2) is 4.42. The van der Waals surface area contributed by atoms with Crippen molar-refractivity contribution in [1.82, 2.24) is 4.90 Å². The standard InChI is InChI=1S/C12H12FN3O/c1-15-4-5-16(8-12(15)17)11-3-2-9(7-14)6-10(11)13/h2-3,6H,4-5,8H2,1H3. The van der Waals surface area contributed by atoms with E-state index in [2.05, 4.69) is 0 Å². The molecule has 1 aliphatic heterocycles. The Kier molecular flexibility index (Phi) is 2.96. The molecule has 0 aliphatic carbocycles. The van der Waals surface area contributed by atoms with Crippen LogP contribution in [-0.4, -0.2) is 37.5 Å². The van der Waals surface area contributed by atoms with E-state index < -0.39 is 5.82 Å². The Morgan fingerprint density at radius 3 is 2.76 bits per heavy atom. The fourth-order valence-corrected chi connectivity index (χ4v) is 1.80. The molecule has 0 radical (unpaired) electrons. The van der Waals surface area contributed by atoms with E-state index >= 15 is 0 Å². The van der Waals surface area contributed by atoms with Gasteiger partial charge in [0.05, 0.1) is 23.9 Å². The first kappa shape index (κ1) is 11.4. The summed E-state index contributed by atoms with van der Waals surface area (Å²) >= 11 is 0. The zero-order chi connectivity index (χ0) is 12.4. The van der Waals surface area contributed by atoms with Gasteiger partial charge in [-0.1, -0.05) is 0 Å². The van der Waals surface area contributed by atoms with Gasteiger partial charge in [0, 0.05) is 20.1 Å². The maximum Gasteiger partial charge on any atom is 0.241 e. The van der Waals surface area contributed by atoms with Crippen LogP contribution >= 0.6 is 0 Å². The Morgan fingerprint density at radius 1 is 1.41 bits per heavy atom. The van der Waals surface area contributed by atoms with Crippen molar-refractivity contribution in [2.24, 2.45) is 0 Å². The molecule has 0 saturated carbocycles. The van der Waals surface area contributed by atoms with Crippen molar-refractivity contribution in [3.63, 3.8) is 0 Å². The lowest BCUT2D eigenvalue weighted by Crippen LogP contribution is -2.48. The van der Waals surface area contributed by atoms with Crippen LogP contribution in [0.2, 0.25) is 0 Å². The third-order valence-electron chi connectivity index (χ3n) is 2.87. The number of rotatable bonds is 1. The predicted octanol–water partition coefficient (Wildman–Crippen LogP) is 0.976. The summed E-state index contributed by atoms with van der Waals surface area (Å²) in [6, 6.07) is 6.18. The number of nitrogens with zero attached hydrogens (tertiary/aromatic N) is 3. The summed E-state index contributed by atoms with van der Waals surface area (Å²) in [5.74, 6) is -0.485. The van der Waals surface area contributed by atoms with Gasteiger partial charge in [-0.05, 0) is 18.2 Å². The van der Waals surface area contributed by atoms with Gasteiger partial charge in [0.15, 0.2) is 0 Å². The van der Waals surface area contributed by atoms with E-state index in [1.54, 1.807) is 29.0 Å². The molecule has 1 heterocycles. The van der Waals surface area contributed by atoms with Gasteiger partial charge in [-0.15, -0.1) is 0 Å². The Hall–Kier alpha value is -2.09. The van der Waals surface area contributed by atoms with Crippen LogP contribution in [0.15, 0.2) is 18.2 Å². The highest BCUT2D eigenvalue weighted by Gasteiger charge is 2.23. The molecule has 0 N–H and O–H groups in total. The molecule has 0 atom stereocenters. The normalized spacial score (nSPS) is 15.9. The number of piperazine rings is 1. The van der Waals surface area contributed by atoms with E-state index in [0.717, 1.165) is 0 Å². The number of carbonyl (C=O) groups is 1. The van der Waals surface area contributed by atoms with Gasteiger partial charge in [-0.2, -0.15) is 5.26 Å². The van der Waals surface area contributed by atoms with Crippen molar-refractivity contribution >= 4 is 11.6 Å². The summed E-state index contributed by atoms with van der Waals surface area (Å²) in [7, 11) is 1.73. The summed E-state index contributed by atoms with van der Waals surface area (Å²) in [5.41, 5.74) is 0.664. The van der Waals surface area contributed by atoms with Gasteiger partial charge < -0.3 is 9.80 Å². The average Bonchev–Trinajstić information content (AvgIpc) is 2.32. The summed E-state index contributed by atoms with van der Waals surface area (Å²) in [4.78, 5) is 14.8. The Balaban J connectivity index is 2.24. The quantitative estimate of drug-likeness (QED) is 0.726. The van der Waals surface area contributed by atoms with Crippen molar-refractivity contribution in [3.8, 4) is 6.07 Å². The molecule has 1 aromatic carbocycles. The van der Waals surface area contributed by atoms with Crippen LogP contribution < -0.4 is 4.90 Å². The third-order valence-corrected chi connectivity index (χ3v) is 2.87. The number of hydrogen-bond donors (Lipinski definition) is 0. The molecule has 0 spiro atoms. The maximum absolute atomic E-state index is 13.7. The molecule has 0 aromatic heterocycles. The highest BCUT2D eigenvalue weighted by atomic mass is 19.1. The van der Waals surface area contributed by atoms with E-state index in [1.165, 1.54) is 6.07 Å². The van der Waals surface area contributed by atoms with Gasteiger partial charge in [-0.3, -0.25) is 4.79 Å². The van der Waals surface area contributed by atoms with E-state index in [4.69, 9.17) is 5.26 Å². The van der Waals surface area contributed by atoms with Gasteiger partial charge in [0.1, 0.15) is 5.82 Å². The van der Waals surface area contributed by atoms with E-state index in [0.29, 0.717) is 18.8 Å². The van der Waals surface area contributed by atoms with Crippen molar-refractivity contribution in [1.29, 1.82) is 5.26 Å². The molecule has 1 saturated heterocycles. The lowest BCUT2D eigenvalue weighted by atomic mass is 10.2. The molecular formula is C12H12FN3O. The summed E-state index contributed by atoms with van der Waals surface area (Å²) in [6.45, 7) is 1.36. The molecule has 0 unspecified atom stereocenters. The fourth-order valence-electron chi connectivity index (χ4n) is 1.80. The first-order valence-corrected chi connectivity index (χ1v) is 5.30. The molecule has 0 bridgehead atoms. The Labute approximate surface area is 98.9 Å². The SMILES string of the molecule is CN1CCN(c2ccc(C#N)cc2F)CC1=O. The first-order chi connectivity index (χ1) is 8.11. The van der Waals surface area contributed by atoms with E-state index in [-0.39, 0.29) is 18.0 Å². The Bertz CT molecular complexity index is 495. The molecule has 1 aromatic rings. The van der Waals surface area contributed by atoms with Crippen LogP contribution in [0.5, 0.6) is 0 Å². The highest BCUT2D eigenvalue weighted by Crippen LogP contribution is 2.21. The number of benzene rings is 1. The Morgan fingerprint density at radius 2 is 2.18 bits per heavy atom. The van der Waals surface area contributed by atoms with Crippen LogP contribution in [0, 0.1) is 17.1 Å². The first-order valence-electron chi connectivity index (χ1n) is 5.30. The van der Waals surface area contributed by atoms with E-state index in [1.807, 2.05) is 6.07 Å². The lowest BCUT2D eigenvalue weighted by Gasteiger charge is -2.33. The monoisotopic (exact) mass is 233 g/mol. The van der Waals surface area contributed by atoms with Crippen LogP contribution in [-0.2, 0) is 4.79 Å². The number of likely N-dealkylation sites (N-methyl/N-ethyl adjacent to an activating group) is 1. The topological polar surface area (TPSA) is 47.3 Å². The molecule has 5 heteroatoms. The van der Waals surface area contributed by atoms with Crippen molar-refractivity contribution in [3.05, 3.63) is 29.6 Å². The largest absolute Gasteiger partial charge is 0.358 e. The van der Waals surface area contributed by atoms with Crippen molar-refractivity contribution in [2.75, 3.05) is 31.6 Å². The molecule has 1 aliphatic rings. The smallest absolute Gasteiger partial charge is 0.241 e. The molecular weight excluding hydrogens is 221 g/mol. The van der Waals surface area contributed by atoms with E-state index in [9.17, 15) is 9.18 Å². The number of anilines is 1. The molecule has 2 rings (SSSR count). The van der Waals surface area contributed by atoms with Crippen LogP contribution in [0.1, 0.15) is 5.56 Å². The fraction of sp³-hybridized carbons (Fsp3) is 0.333. The zero-order valence-corrected chi connectivity index (χ0v) is 9.48. The maximum atomic E-state index is 13.7. The summed E-state index contributed by atoms with van der Waals surface area (Å²) in [6.07, 6.45) is 0. The second-order valence-corrected chi connectivity index (χ2v) is 4.01. The average molecular weight is 233 g/mol. The molecule has 4 nitrogen and oxygen atoms in total. The number of carbonyl (C=O) groups excluding carboxylic acids is 1. The zero-order valence-electron chi connectivity index (χ0n) is 9.48. The molecule has 88 valence electrons. The molecule has 17 heavy (non-hydrogen) atoms. The molecule has 1 amide bonds. The minimum absolute atomic E-state index is 0.0278. The number of halogens is 1. The van der Waals surface area contributed by atoms with Gasteiger partial charge >= 0.3 is 0 Å². The molecule has 1 fully saturated rings. The predicted molar refractivity (Wildman–Crippen MR) is 61.0 cm³/mol. The number of nitriles is 1. The van der Waals surface area contributed by atoms with Crippen LogP contribution in [0.25, 0.3) is 0 Å². The lowest BCUT2D eigenvalue weighted by molar-refractivity contribution is -0.129. The summed E-state index contributed by atoms with van der Waals surface area (Å²) < 4.78 is 13.7. The third kappa shape index (κ3) is 2.21. The highest BCUT2D eigenvalue weighted by molar-refractivity contribution is 5.82. The van der Waals surface area contributed by atoms with Gasteiger partial charge in [0.25, 0.3) is 0 Å². The van der Waals surface area contributed by atoms with Crippen LogP contribution in [0.4, 0.5) is 10.1 Å². The minimum atomic E-state index is -0.457. The van der Waals surface area contributed by atoms with Gasteiger partial charge in [-0.25, -0.2) is 4.39 Å². The van der Waals surface area contributed by atoms with Crippen LogP contribution in [0.3, 0.4) is 0 Å². The number of amides is 1. The van der Waals surface area contributed by atoms with Crippen molar-refractivity contribution in [2.45, 2.75) is 0 Å². The van der Waals surface area contributed by atoms with Gasteiger partial charge in [0.2, 0.25) is 5.91 Å². The second-order valence-electron chi connectivity index (χ2n) is 4.01. The summed E-state index contributed by atoms with van der Waals surface area (Å²) in [5, 5.41) is 8.65.